The molecule has 4 bridgehead atoms. The van der Waals surface area contributed by atoms with Gasteiger partial charge in [0.25, 0.3) is 0 Å². The standard InChI is InChI=1S/C19H33N2O4/c1-6-20-9-10-21(7-2,8-3)18(20)19-14(22)11-13-12(4)16(25-19)24-17(23-5)15(13)19/h13-18,22H,4,6-11H2,1-3,5H3/q+1/t13?,14-,15?,16?,17?,18?,19?/m1/s1. The number of rotatable bonds is 5. The fourth-order valence-corrected chi connectivity index (χ4v) is 6.26. The summed E-state index contributed by atoms with van der Waals surface area (Å²) < 4.78 is 19.2. The average Bonchev–Trinajstić information content (AvgIpc) is 3.14. The highest BCUT2D eigenvalue weighted by atomic mass is 16.8. The molecule has 0 aromatic rings. The molecule has 6 heteroatoms. The second kappa shape index (κ2) is 6.01. The molecule has 0 spiro atoms. The van der Waals surface area contributed by atoms with Crippen LogP contribution in [0.25, 0.3) is 0 Å². The van der Waals surface area contributed by atoms with E-state index in [0.717, 1.165) is 42.8 Å². The maximum absolute atomic E-state index is 11.3. The normalized spacial score (nSPS) is 48.4. The molecule has 0 radical (unpaired) electrons. The zero-order valence-corrected chi connectivity index (χ0v) is 16.0. The van der Waals surface area contributed by atoms with Crippen LogP contribution in [0, 0.1) is 11.8 Å². The molecule has 0 aromatic carbocycles. The highest BCUT2D eigenvalue weighted by Gasteiger charge is 2.76. The summed E-state index contributed by atoms with van der Waals surface area (Å²) in [5.41, 5.74) is 0.325. The number of ether oxygens (including phenoxy) is 3. The zero-order chi connectivity index (χ0) is 18.0. The Morgan fingerprint density at radius 3 is 2.68 bits per heavy atom. The summed E-state index contributed by atoms with van der Waals surface area (Å²) >= 11 is 0. The Bertz CT molecular complexity index is 552. The van der Waals surface area contributed by atoms with Gasteiger partial charge in [0.1, 0.15) is 0 Å². The molecule has 7 atom stereocenters. The van der Waals surface area contributed by atoms with Gasteiger partial charge in [-0.3, -0.25) is 0 Å². The SMILES string of the molecule is C=C1C2OC(OC)C3C1C[C@@H](O)C3(C1N(CC)CC[N+]1(CC)CC)O2. The number of nitrogens with zero attached hydrogens (tertiary/aromatic N) is 2. The quantitative estimate of drug-likeness (QED) is 0.594. The van der Waals surface area contributed by atoms with E-state index in [1.165, 1.54) is 0 Å². The van der Waals surface area contributed by atoms with Gasteiger partial charge >= 0.3 is 0 Å². The smallest absolute Gasteiger partial charge is 0.184 e. The largest absolute Gasteiger partial charge is 0.390 e. The maximum atomic E-state index is 11.3. The molecular formula is C19H33N2O4+. The Morgan fingerprint density at radius 1 is 1.36 bits per heavy atom. The van der Waals surface area contributed by atoms with Crippen molar-refractivity contribution in [1.29, 1.82) is 0 Å². The van der Waals surface area contributed by atoms with Crippen molar-refractivity contribution >= 4 is 0 Å². The van der Waals surface area contributed by atoms with Crippen molar-refractivity contribution in [3.05, 3.63) is 12.2 Å². The summed E-state index contributed by atoms with van der Waals surface area (Å²) in [6, 6.07) is 0. The van der Waals surface area contributed by atoms with Crippen LogP contribution < -0.4 is 0 Å². The number of aliphatic hydroxyl groups is 1. The summed E-state index contributed by atoms with van der Waals surface area (Å²) in [7, 11) is 1.70. The number of quaternary nitrogens is 1. The lowest BCUT2D eigenvalue weighted by Crippen LogP contribution is -2.76. The van der Waals surface area contributed by atoms with Crippen LogP contribution in [0.1, 0.15) is 27.2 Å². The van der Waals surface area contributed by atoms with Gasteiger partial charge in [0, 0.05) is 13.7 Å². The fraction of sp³-hybridized carbons (Fsp3) is 0.895. The summed E-state index contributed by atoms with van der Waals surface area (Å²) in [6.45, 7) is 16.1. The number of likely N-dealkylation sites (N-methyl/N-ethyl adjacent to an activating group) is 2. The van der Waals surface area contributed by atoms with Crippen LogP contribution in [-0.2, 0) is 14.2 Å². The van der Waals surface area contributed by atoms with E-state index in [-0.39, 0.29) is 24.3 Å². The molecule has 5 aliphatic rings. The van der Waals surface area contributed by atoms with E-state index in [9.17, 15) is 5.11 Å². The molecule has 4 heterocycles. The Labute approximate surface area is 150 Å². The van der Waals surface area contributed by atoms with Gasteiger partial charge in [0.05, 0.1) is 38.2 Å². The predicted octanol–water partition coefficient (Wildman–Crippen LogP) is 1.16. The van der Waals surface area contributed by atoms with Crippen LogP contribution in [0.3, 0.4) is 0 Å². The van der Waals surface area contributed by atoms with Gasteiger partial charge < -0.3 is 23.8 Å². The van der Waals surface area contributed by atoms with E-state index in [4.69, 9.17) is 14.2 Å². The first-order valence-corrected chi connectivity index (χ1v) is 9.81. The Balaban J connectivity index is 1.85. The number of hydrogen-bond acceptors (Lipinski definition) is 5. The van der Waals surface area contributed by atoms with Crippen molar-refractivity contribution in [2.24, 2.45) is 11.8 Å². The molecule has 4 saturated heterocycles. The second-order valence-electron chi connectivity index (χ2n) is 8.08. The van der Waals surface area contributed by atoms with Crippen LogP contribution in [0.4, 0.5) is 0 Å². The van der Waals surface area contributed by atoms with Crippen molar-refractivity contribution in [3.63, 3.8) is 0 Å². The molecule has 1 N–H and O–H groups in total. The average molecular weight is 353 g/mol. The van der Waals surface area contributed by atoms with Gasteiger partial charge in [-0.1, -0.05) is 13.5 Å². The molecule has 6 nitrogen and oxygen atoms in total. The first-order chi connectivity index (χ1) is 12.0. The van der Waals surface area contributed by atoms with Gasteiger partial charge in [0.15, 0.2) is 24.3 Å². The van der Waals surface area contributed by atoms with E-state index < -0.39 is 18.0 Å². The topological polar surface area (TPSA) is 51.2 Å². The van der Waals surface area contributed by atoms with Gasteiger partial charge in [0.2, 0.25) is 0 Å². The molecule has 142 valence electrons. The summed E-state index contributed by atoms with van der Waals surface area (Å²) in [5, 5.41) is 11.3. The van der Waals surface area contributed by atoms with Gasteiger partial charge in [-0.2, -0.15) is 0 Å². The Kier molecular flexibility index (Phi) is 4.30. The Hall–Kier alpha value is -0.500. The number of hydrogen-bond donors (Lipinski definition) is 1. The van der Waals surface area contributed by atoms with Crippen molar-refractivity contribution in [1.82, 2.24) is 4.90 Å². The fourth-order valence-electron chi connectivity index (χ4n) is 6.26. The number of fused-ring (bicyclic) bond motifs is 1. The predicted molar refractivity (Wildman–Crippen MR) is 93.5 cm³/mol. The minimum atomic E-state index is -0.645. The van der Waals surface area contributed by atoms with E-state index in [1.807, 2.05) is 0 Å². The number of aliphatic hydroxyl groups excluding tert-OH is 1. The van der Waals surface area contributed by atoms with Crippen molar-refractivity contribution in [2.45, 2.75) is 57.6 Å². The molecular weight excluding hydrogens is 320 g/mol. The third-order valence-corrected chi connectivity index (χ3v) is 7.59. The van der Waals surface area contributed by atoms with Crippen molar-refractivity contribution in [2.75, 3.05) is 39.8 Å². The van der Waals surface area contributed by atoms with Crippen LogP contribution in [0.2, 0.25) is 0 Å². The second-order valence-corrected chi connectivity index (χ2v) is 8.08. The maximum Gasteiger partial charge on any atom is 0.184 e. The van der Waals surface area contributed by atoms with E-state index >= 15 is 0 Å². The van der Waals surface area contributed by atoms with E-state index in [2.05, 4.69) is 32.3 Å². The summed E-state index contributed by atoms with van der Waals surface area (Å²) in [6.07, 6.45) is -0.480. The molecule has 0 amide bonds. The minimum absolute atomic E-state index is 0.00208. The van der Waals surface area contributed by atoms with Crippen LogP contribution in [-0.4, -0.2) is 84.8 Å². The Morgan fingerprint density at radius 2 is 2.08 bits per heavy atom. The van der Waals surface area contributed by atoms with Crippen molar-refractivity contribution < 1.29 is 23.8 Å². The first-order valence-electron chi connectivity index (χ1n) is 9.81. The third-order valence-electron chi connectivity index (χ3n) is 7.59. The summed E-state index contributed by atoms with van der Waals surface area (Å²) in [4.78, 5) is 2.51. The van der Waals surface area contributed by atoms with E-state index in [0.29, 0.717) is 6.42 Å². The molecule has 1 aliphatic carbocycles. The van der Waals surface area contributed by atoms with Crippen LogP contribution in [0.5, 0.6) is 0 Å². The molecule has 5 fully saturated rings. The zero-order valence-electron chi connectivity index (χ0n) is 16.0. The molecule has 5 rings (SSSR count). The van der Waals surface area contributed by atoms with Crippen LogP contribution in [0.15, 0.2) is 12.2 Å². The summed E-state index contributed by atoms with van der Waals surface area (Å²) in [5.74, 6) is 0.208. The van der Waals surface area contributed by atoms with Gasteiger partial charge in [-0.05, 0) is 31.8 Å². The lowest BCUT2D eigenvalue weighted by Gasteiger charge is -2.59. The minimum Gasteiger partial charge on any atom is -0.390 e. The molecule has 6 unspecified atom stereocenters. The molecule has 1 saturated carbocycles. The number of methoxy groups -OCH3 is 1. The molecule has 25 heavy (non-hydrogen) atoms. The molecule has 4 aliphatic heterocycles. The van der Waals surface area contributed by atoms with Crippen molar-refractivity contribution in [3.8, 4) is 0 Å². The molecule has 0 aromatic heterocycles. The highest BCUT2D eigenvalue weighted by Crippen LogP contribution is 2.61. The lowest BCUT2D eigenvalue weighted by molar-refractivity contribution is -0.950. The lowest BCUT2D eigenvalue weighted by atomic mass is 9.74. The van der Waals surface area contributed by atoms with Gasteiger partial charge in [-0.25, -0.2) is 4.90 Å². The van der Waals surface area contributed by atoms with Gasteiger partial charge in [-0.15, -0.1) is 0 Å². The first kappa shape index (κ1) is 17.9. The van der Waals surface area contributed by atoms with E-state index in [1.54, 1.807) is 7.11 Å². The third kappa shape index (κ3) is 2.07. The highest BCUT2D eigenvalue weighted by molar-refractivity contribution is 5.26. The monoisotopic (exact) mass is 353 g/mol. The van der Waals surface area contributed by atoms with Crippen LogP contribution >= 0.6 is 0 Å².